The summed E-state index contributed by atoms with van der Waals surface area (Å²) in [4.78, 5) is 23.5. The van der Waals surface area contributed by atoms with Crippen molar-refractivity contribution in [2.75, 3.05) is 0 Å². The predicted octanol–water partition coefficient (Wildman–Crippen LogP) is 1.90. The number of nitrogens with one attached hydrogen (secondary N) is 1. The minimum Gasteiger partial charge on any atom is -0.369 e. The van der Waals surface area contributed by atoms with Crippen molar-refractivity contribution in [3.63, 3.8) is 0 Å². The summed E-state index contributed by atoms with van der Waals surface area (Å²) in [5.74, 6) is -0.600. The minimum absolute atomic E-state index is 0. The third-order valence-electron chi connectivity index (χ3n) is 4.61. The maximum absolute atomic E-state index is 12.4. The SMILES string of the molecule is CC(C(=O)NC1CCC(C(N)=O)CC1)C(N)c1ccccc1.Cl. The number of rotatable bonds is 5. The third kappa shape index (κ3) is 5.22. The monoisotopic (exact) mass is 339 g/mol. The molecule has 5 nitrogen and oxygen atoms in total. The molecule has 0 spiro atoms. The maximum atomic E-state index is 12.4. The first-order chi connectivity index (χ1) is 10.5. The van der Waals surface area contributed by atoms with E-state index in [9.17, 15) is 9.59 Å². The summed E-state index contributed by atoms with van der Waals surface area (Å²) in [6.45, 7) is 1.85. The Bertz CT molecular complexity index is 516. The lowest BCUT2D eigenvalue weighted by molar-refractivity contribution is -0.126. The van der Waals surface area contributed by atoms with Gasteiger partial charge in [-0.3, -0.25) is 9.59 Å². The van der Waals surface area contributed by atoms with Gasteiger partial charge in [0.25, 0.3) is 0 Å². The van der Waals surface area contributed by atoms with Crippen LogP contribution in [0.1, 0.15) is 44.2 Å². The van der Waals surface area contributed by atoms with E-state index >= 15 is 0 Å². The highest BCUT2D eigenvalue weighted by atomic mass is 35.5. The van der Waals surface area contributed by atoms with Crippen LogP contribution >= 0.6 is 12.4 Å². The quantitative estimate of drug-likeness (QED) is 0.764. The lowest BCUT2D eigenvalue weighted by atomic mass is 9.85. The zero-order valence-corrected chi connectivity index (χ0v) is 14.2. The first-order valence-corrected chi connectivity index (χ1v) is 7.89. The van der Waals surface area contributed by atoms with E-state index in [0.29, 0.717) is 0 Å². The molecule has 5 N–H and O–H groups in total. The van der Waals surface area contributed by atoms with Crippen LogP contribution < -0.4 is 16.8 Å². The highest BCUT2D eigenvalue weighted by molar-refractivity contribution is 5.85. The molecular formula is C17H26ClN3O2. The van der Waals surface area contributed by atoms with E-state index < -0.39 is 0 Å². The van der Waals surface area contributed by atoms with Crippen molar-refractivity contribution in [1.82, 2.24) is 5.32 Å². The first kappa shape index (κ1) is 19.5. The summed E-state index contributed by atoms with van der Waals surface area (Å²) >= 11 is 0. The number of hydrogen-bond acceptors (Lipinski definition) is 3. The zero-order valence-electron chi connectivity index (χ0n) is 13.4. The lowest BCUT2D eigenvalue weighted by Gasteiger charge is -2.29. The Kier molecular flexibility index (Phi) is 7.52. The van der Waals surface area contributed by atoms with Gasteiger partial charge in [-0.1, -0.05) is 37.3 Å². The second-order valence-electron chi connectivity index (χ2n) is 6.18. The molecule has 1 aliphatic rings. The van der Waals surface area contributed by atoms with Crippen LogP contribution in [0.4, 0.5) is 0 Å². The number of hydrogen-bond donors (Lipinski definition) is 3. The van der Waals surface area contributed by atoms with Gasteiger partial charge in [0.15, 0.2) is 0 Å². The number of carbonyl (C=O) groups is 2. The summed E-state index contributed by atoms with van der Waals surface area (Å²) in [5, 5.41) is 3.06. The highest BCUT2D eigenvalue weighted by Gasteiger charge is 2.28. The molecule has 0 radical (unpaired) electrons. The van der Waals surface area contributed by atoms with Gasteiger partial charge < -0.3 is 16.8 Å². The number of benzene rings is 1. The summed E-state index contributed by atoms with van der Waals surface area (Å²) in [7, 11) is 0. The van der Waals surface area contributed by atoms with Gasteiger partial charge in [0.05, 0.1) is 5.92 Å². The van der Waals surface area contributed by atoms with Gasteiger partial charge in [-0.15, -0.1) is 12.4 Å². The van der Waals surface area contributed by atoms with Crippen LogP contribution in [0.3, 0.4) is 0 Å². The van der Waals surface area contributed by atoms with Gasteiger partial charge in [0, 0.05) is 18.0 Å². The van der Waals surface area contributed by atoms with E-state index in [4.69, 9.17) is 11.5 Å². The fourth-order valence-electron chi connectivity index (χ4n) is 2.98. The Hall–Kier alpha value is -1.59. The van der Waals surface area contributed by atoms with E-state index in [1.807, 2.05) is 37.3 Å². The molecule has 0 heterocycles. The van der Waals surface area contributed by atoms with E-state index in [1.54, 1.807) is 0 Å². The zero-order chi connectivity index (χ0) is 16.1. The standard InChI is InChI=1S/C17H25N3O2.ClH/c1-11(15(18)12-5-3-2-4-6-12)17(22)20-14-9-7-13(8-10-14)16(19)21;/h2-6,11,13-15H,7-10,18H2,1H3,(H2,19,21)(H,20,22);1H. The highest BCUT2D eigenvalue weighted by Crippen LogP contribution is 2.25. The Morgan fingerprint density at radius 1 is 1.13 bits per heavy atom. The fourth-order valence-corrected chi connectivity index (χ4v) is 2.98. The van der Waals surface area contributed by atoms with Crippen molar-refractivity contribution in [3.05, 3.63) is 35.9 Å². The molecule has 2 unspecified atom stereocenters. The van der Waals surface area contributed by atoms with Crippen LogP contribution in [-0.4, -0.2) is 17.9 Å². The number of amides is 2. The molecule has 1 aliphatic carbocycles. The van der Waals surface area contributed by atoms with Crippen molar-refractivity contribution in [2.45, 2.75) is 44.7 Å². The molecule has 6 heteroatoms. The second kappa shape index (κ2) is 8.89. The molecule has 0 saturated heterocycles. The van der Waals surface area contributed by atoms with Gasteiger partial charge in [-0.25, -0.2) is 0 Å². The van der Waals surface area contributed by atoms with Crippen LogP contribution in [-0.2, 0) is 9.59 Å². The maximum Gasteiger partial charge on any atom is 0.224 e. The Balaban J connectivity index is 0.00000264. The van der Waals surface area contributed by atoms with Gasteiger partial charge in [-0.2, -0.15) is 0 Å². The largest absolute Gasteiger partial charge is 0.369 e. The molecule has 1 saturated carbocycles. The average molecular weight is 340 g/mol. The smallest absolute Gasteiger partial charge is 0.224 e. The average Bonchev–Trinajstić information content (AvgIpc) is 2.54. The van der Waals surface area contributed by atoms with E-state index in [0.717, 1.165) is 31.2 Å². The molecule has 128 valence electrons. The fraction of sp³-hybridized carbons (Fsp3) is 0.529. The molecule has 2 atom stereocenters. The van der Waals surface area contributed by atoms with Crippen molar-refractivity contribution in [2.24, 2.45) is 23.3 Å². The van der Waals surface area contributed by atoms with Crippen LogP contribution in [0.5, 0.6) is 0 Å². The predicted molar refractivity (Wildman–Crippen MR) is 92.9 cm³/mol. The lowest BCUT2D eigenvalue weighted by Crippen LogP contribution is -2.43. The summed E-state index contributed by atoms with van der Waals surface area (Å²) in [5.41, 5.74) is 12.5. The minimum atomic E-state index is -0.317. The van der Waals surface area contributed by atoms with E-state index in [-0.39, 0.29) is 48.1 Å². The summed E-state index contributed by atoms with van der Waals surface area (Å²) in [6, 6.07) is 9.45. The van der Waals surface area contributed by atoms with Gasteiger partial charge >= 0.3 is 0 Å². The molecular weight excluding hydrogens is 314 g/mol. The molecule has 1 aromatic carbocycles. The van der Waals surface area contributed by atoms with Crippen LogP contribution in [0.25, 0.3) is 0 Å². The Morgan fingerprint density at radius 2 is 1.70 bits per heavy atom. The van der Waals surface area contributed by atoms with Crippen LogP contribution in [0, 0.1) is 11.8 Å². The normalized spacial score (nSPS) is 23.2. The van der Waals surface area contributed by atoms with Crippen molar-refractivity contribution in [3.8, 4) is 0 Å². The molecule has 2 amide bonds. The molecule has 0 aromatic heterocycles. The number of nitrogens with two attached hydrogens (primary N) is 2. The van der Waals surface area contributed by atoms with Gasteiger partial charge in [0.1, 0.15) is 0 Å². The Labute approximate surface area is 143 Å². The molecule has 1 aromatic rings. The van der Waals surface area contributed by atoms with Crippen molar-refractivity contribution in [1.29, 1.82) is 0 Å². The van der Waals surface area contributed by atoms with Crippen molar-refractivity contribution >= 4 is 24.2 Å². The van der Waals surface area contributed by atoms with Gasteiger partial charge in [0.2, 0.25) is 11.8 Å². The first-order valence-electron chi connectivity index (χ1n) is 7.89. The van der Waals surface area contributed by atoms with Crippen LogP contribution in [0.2, 0.25) is 0 Å². The topological polar surface area (TPSA) is 98.2 Å². The number of primary amides is 1. The second-order valence-corrected chi connectivity index (χ2v) is 6.18. The van der Waals surface area contributed by atoms with E-state index in [1.165, 1.54) is 0 Å². The van der Waals surface area contributed by atoms with Crippen LogP contribution in [0.15, 0.2) is 30.3 Å². The molecule has 0 aliphatic heterocycles. The molecule has 2 rings (SSSR count). The molecule has 0 bridgehead atoms. The third-order valence-corrected chi connectivity index (χ3v) is 4.61. The molecule has 23 heavy (non-hydrogen) atoms. The Morgan fingerprint density at radius 3 is 2.22 bits per heavy atom. The van der Waals surface area contributed by atoms with E-state index in [2.05, 4.69) is 5.32 Å². The molecule has 1 fully saturated rings. The summed E-state index contributed by atoms with van der Waals surface area (Å²) in [6.07, 6.45) is 3.10. The van der Waals surface area contributed by atoms with Gasteiger partial charge in [-0.05, 0) is 31.2 Å². The number of halogens is 1. The summed E-state index contributed by atoms with van der Waals surface area (Å²) < 4.78 is 0. The van der Waals surface area contributed by atoms with Crippen molar-refractivity contribution < 1.29 is 9.59 Å². The number of carbonyl (C=O) groups excluding carboxylic acids is 2.